The summed E-state index contributed by atoms with van der Waals surface area (Å²) < 4.78 is 29.0. The maximum Gasteiger partial charge on any atom is 0.156 e. The summed E-state index contributed by atoms with van der Waals surface area (Å²) >= 11 is 0. The normalized spacial score (nSPS) is 28.9. The van der Waals surface area contributed by atoms with Crippen LogP contribution in [0.1, 0.15) is 74.5 Å². The first kappa shape index (κ1) is 28.3. The van der Waals surface area contributed by atoms with E-state index in [-0.39, 0.29) is 28.8 Å². The lowest BCUT2D eigenvalue weighted by molar-refractivity contribution is -0.114. The van der Waals surface area contributed by atoms with Crippen molar-refractivity contribution in [3.05, 3.63) is 87.5 Å². The number of aliphatic hydroxyl groups excluding tert-OH is 1. The zero-order chi connectivity index (χ0) is 28.8. The average Bonchev–Trinajstić information content (AvgIpc) is 3.24. The van der Waals surface area contributed by atoms with Crippen LogP contribution in [-0.2, 0) is 4.79 Å². The molecule has 0 aliphatic heterocycles. The molecule has 6 rings (SSSR count). The van der Waals surface area contributed by atoms with Crippen molar-refractivity contribution in [2.75, 3.05) is 19.0 Å². The molecule has 0 heterocycles. The first-order valence-corrected chi connectivity index (χ1v) is 14.4. The van der Waals surface area contributed by atoms with Crippen LogP contribution in [0.15, 0.2) is 59.2 Å². The van der Waals surface area contributed by atoms with Gasteiger partial charge in [-0.25, -0.2) is 8.78 Å². The van der Waals surface area contributed by atoms with Crippen LogP contribution in [0.2, 0.25) is 0 Å². The molecule has 5 unspecified atom stereocenters. The minimum atomic E-state index is -0.508. The van der Waals surface area contributed by atoms with Gasteiger partial charge in [0.05, 0.1) is 6.10 Å². The zero-order valence-electron chi connectivity index (χ0n) is 23.9. The number of ketones is 1. The van der Waals surface area contributed by atoms with Gasteiger partial charge in [0.25, 0.3) is 0 Å². The van der Waals surface area contributed by atoms with Gasteiger partial charge >= 0.3 is 0 Å². The third kappa shape index (κ3) is 5.03. The maximum absolute atomic E-state index is 14.5. The summed E-state index contributed by atoms with van der Waals surface area (Å²) in [6, 6.07) is 10.9. The molecule has 40 heavy (non-hydrogen) atoms. The van der Waals surface area contributed by atoms with E-state index in [1.165, 1.54) is 35.9 Å². The molecule has 0 amide bonds. The summed E-state index contributed by atoms with van der Waals surface area (Å²) in [5.41, 5.74) is 6.28. The fourth-order valence-electron chi connectivity index (χ4n) is 7.65. The Labute approximate surface area is 237 Å². The van der Waals surface area contributed by atoms with Crippen molar-refractivity contribution in [2.45, 2.75) is 70.8 Å². The van der Waals surface area contributed by atoms with Gasteiger partial charge in [0, 0.05) is 43.2 Å². The van der Waals surface area contributed by atoms with Gasteiger partial charge in [0.1, 0.15) is 11.6 Å². The highest BCUT2D eigenvalue weighted by Gasteiger charge is 2.56. The van der Waals surface area contributed by atoms with E-state index in [1.807, 2.05) is 43.3 Å². The highest BCUT2D eigenvalue weighted by molar-refractivity contribution is 5.93. The summed E-state index contributed by atoms with van der Waals surface area (Å²) in [7, 11) is 4.01. The molecule has 2 aromatic carbocycles. The molecular formula is C35H39F2NO2. The fourth-order valence-corrected chi connectivity index (χ4v) is 7.65. The van der Waals surface area contributed by atoms with Gasteiger partial charge in [-0.3, -0.25) is 4.79 Å². The van der Waals surface area contributed by atoms with Crippen molar-refractivity contribution in [1.82, 2.24) is 0 Å². The fraction of sp³-hybridized carbons (Fsp3) is 0.457. The predicted molar refractivity (Wildman–Crippen MR) is 156 cm³/mol. The number of hydrogen-bond donors (Lipinski definition) is 1. The van der Waals surface area contributed by atoms with Crippen LogP contribution < -0.4 is 4.90 Å². The minimum absolute atomic E-state index is 0.0521. The SMILES string of the molecule is C#Cc1ccc(N(C)C)cc1.Cc1c(F)cc(C2CC3(C)C(O)CCC3C3CCC4=CC(=O)CCC4=C23)cc1F. The number of anilines is 1. The van der Waals surface area contributed by atoms with Crippen molar-refractivity contribution in [3.63, 3.8) is 0 Å². The quantitative estimate of drug-likeness (QED) is 0.405. The van der Waals surface area contributed by atoms with Crippen LogP contribution in [0, 0.1) is 48.2 Å². The Hall–Kier alpha value is -3.23. The van der Waals surface area contributed by atoms with Crippen molar-refractivity contribution >= 4 is 11.5 Å². The third-order valence-corrected chi connectivity index (χ3v) is 9.94. The van der Waals surface area contributed by atoms with E-state index in [9.17, 15) is 18.7 Å². The number of nitrogens with zero attached hydrogens (tertiary/aromatic N) is 1. The molecule has 1 N–H and O–H groups in total. The number of fused-ring (bicyclic) bond motifs is 4. The molecule has 0 bridgehead atoms. The molecule has 0 saturated heterocycles. The van der Waals surface area contributed by atoms with Gasteiger partial charge in [0.15, 0.2) is 5.78 Å². The smallest absolute Gasteiger partial charge is 0.156 e. The van der Waals surface area contributed by atoms with E-state index < -0.39 is 11.6 Å². The lowest BCUT2D eigenvalue weighted by Gasteiger charge is -2.52. The van der Waals surface area contributed by atoms with Crippen molar-refractivity contribution in [2.24, 2.45) is 17.3 Å². The van der Waals surface area contributed by atoms with Crippen LogP contribution in [0.4, 0.5) is 14.5 Å². The number of terminal acetylenes is 1. The van der Waals surface area contributed by atoms with Gasteiger partial charge in [-0.2, -0.15) is 0 Å². The molecule has 5 atom stereocenters. The van der Waals surface area contributed by atoms with Gasteiger partial charge in [-0.1, -0.05) is 18.4 Å². The molecule has 3 nitrogen and oxygen atoms in total. The molecule has 4 aliphatic rings. The molecule has 0 aromatic heterocycles. The van der Waals surface area contributed by atoms with Crippen LogP contribution in [-0.4, -0.2) is 31.1 Å². The molecule has 2 fully saturated rings. The molecule has 5 heteroatoms. The molecule has 4 aliphatic carbocycles. The first-order chi connectivity index (χ1) is 19.0. The monoisotopic (exact) mass is 543 g/mol. The van der Waals surface area contributed by atoms with E-state index in [1.54, 1.807) is 6.08 Å². The van der Waals surface area contributed by atoms with E-state index in [2.05, 4.69) is 12.8 Å². The second kappa shape index (κ2) is 11.0. The highest BCUT2D eigenvalue weighted by atomic mass is 19.1. The van der Waals surface area contributed by atoms with E-state index >= 15 is 0 Å². The number of benzene rings is 2. The summed E-state index contributed by atoms with van der Waals surface area (Å²) in [6.07, 6.45) is 12.2. The van der Waals surface area contributed by atoms with E-state index in [4.69, 9.17) is 6.42 Å². The molecule has 2 saturated carbocycles. The topological polar surface area (TPSA) is 40.5 Å². The Morgan fingerprint density at radius 3 is 2.33 bits per heavy atom. The minimum Gasteiger partial charge on any atom is -0.393 e. The summed E-state index contributed by atoms with van der Waals surface area (Å²) in [4.78, 5) is 14.0. The molecule has 0 radical (unpaired) electrons. The summed E-state index contributed by atoms with van der Waals surface area (Å²) in [6.45, 7) is 3.63. The van der Waals surface area contributed by atoms with Crippen LogP contribution in [0.25, 0.3) is 0 Å². The first-order valence-electron chi connectivity index (χ1n) is 14.4. The lowest BCUT2D eigenvalue weighted by Crippen LogP contribution is -2.45. The number of carbonyl (C=O) groups excluding carboxylic acids is 1. The van der Waals surface area contributed by atoms with Crippen LogP contribution >= 0.6 is 0 Å². The number of allylic oxidation sites excluding steroid dienone is 4. The van der Waals surface area contributed by atoms with Gasteiger partial charge in [0.2, 0.25) is 0 Å². The number of halogens is 2. The number of carbonyl (C=O) groups is 1. The predicted octanol–water partition coefficient (Wildman–Crippen LogP) is 7.27. The standard InChI is InChI=1S/C25H28F2O2.C10H11N/c1-13-21(26)10-15(11-22(13)27)19-12-25(2)20(7-8-23(25)29)18-5-3-14-9-16(28)4-6-17(14)24(18)19;1-4-9-5-7-10(8-6-9)11(2)3/h9-11,18-20,23,29H,3-8,12H2,1-2H3;1,5-8H,2-3H3. The number of rotatable bonds is 2. The van der Waals surface area contributed by atoms with Gasteiger partial charge < -0.3 is 10.0 Å². The van der Waals surface area contributed by atoms with Crippen molar-refractivity contribution in [1.29, 1.82) is 0 Å². The lowest BCUT2D eigenvalue weighted by atomic mass is 9.53. The molecular weight excluding hydrogens is 504 g/mol. The Bertz CT molecular complexity index is 1390. The molecule has 2 aromatic rings. The number of hydrogen-bond acceptors (Lipinski definition) is 3. The van der Waals surface area contributed by atoms with Gasteiger partial charge in [-0.15, -0.1) is 6.42 Å². The highest BCUT2D eigenvalue weighted by Crippen LogP contribution is 2.63. The Kier molecular flexibility index (Phi) is 7.77. The Morgan fingerprint density at radius 2 is 1.70 bits per heavy atom. The average molecular weight is 544 g/mol. The molecule has 0 spiro atoms. The summed E-state index contributed by atoms with van der Waals surface area (Å²) in [5, 5.41) is 10.8. The van der Waals surface area contributed by atoms with Crippen LogP contribution in [0.5, 0.6) is 0 Å². The van der Waals surface area contributed by atoms with Crippen molar-refractivity contribution in [3.8, 4) is 12.3 Å². The van der Waals surface area contributed by atoms with Crippen molar-refractivity contribution < 1.29 is 18.7 Å². The zero-order valence-corrected chi connectivity index (χ0v) is 23.9. The molecule has 210 valence electrons. The largest absolute Gasteiger partial charge is 0.393 e. The third-order valence-electron chi connectivity index (χ3n) is 9.94. The van der Waals surface area contributed by atoms with E-state index in [0.29, 0.717) is 30.2 Å². The second-order valence-corrected chi connectivity index (χ2v) is 12.4. The maximum atomic E-state index is 14.5. The Balaban J connectivity index is 0.000000248. The van der Waals surface area contributed by atoms with Gasteiger partial charge in [-0.05, 0) is 122 Å². The van der Waals surface area contributed by atoms with E-state index in [0.717, 1.165) is 43.2 Å². The second-order valence-electron chi connectivity index (χ2n) is 12.4. The van der Waals surface area contributed by atoms with Crippen LogP contribution in [0.3, 0.4) is 0 Å². The summed E-state index contributed by atoms with van der Waals surface area (Å²) in [5.74, 6) is 2.36. The number of aliphatic hydroxyl groups is 1. The Morgan fingerprint density at radius 1 is 1.02 bits per heavy atom.